The Balaban J connectivity index is 3.13. The zero-order valence-corrected chi connectivity index (χ0v) is 15.9. The summed E-state index contributed by atoms with van der Waals surface area (Å²) in [5.41, 5.74) is 2.12. The number of aliphatic imine (C=N–C) groups is 2. The van der Waals surface area contributed by atoms with Crippen LogP contribution in [-0.4, -0.2) is 30.9 Å². The second-order valence-electron chi connectivity index (χ2n) is 5.66. The van der Waals surface area contributed by atoms with E-state index in [0.717, 1.165) is 12.6 Å². The van der Waals surface area contributed by atoms with Gasteiger partial charge in [0.25, 0.3) is 0 Å². The van der Waals surface area contributed by atoms with Gasteiger partial charge in [0.05, 0.1) is 12.2 Å². The smallest absolute Gasteiger partial charge is 0.167 e. The van der Waals surface area contributed by atoms with Gasteiger partial charge in [0.1, 0.15) is 5.71 Å². The average Bonchev–Trinajstić information content (AvgIpc) is 2.65. The minimum absolute atomic E-state index is 0.235. The lowest BCUT2D eigenvalue weighted by atomic mass is 10.0. The normalized spacial score (nSPS) is 14.4. The molecule has 0 radical (unpaired) electrons. The number of hydrogen-bond donors (Lipinski definition) is 0. The molecule has 0 aliphatic carbocycles. The summed E-state index contributed by atoms with van der Waals surface area (Å²) in [6.45, 7) is 11.5. The largest absolute Gasteiger partial charge is 0.373 e. The lowest BCUT2D eigenvalue weighted by Gasteiger charge is -2.26. The molecule has 0 fully saturated rings. The summed E-state index contributed by atoms with van der Waals surface area (Å²) in [6, 6.07) is 10.5. The zero-order chi connectivity index (χ0) is 19.4. The maximum absolute atomic E-state index is 14.3. The van der Waals surface area contributed by atoms with Gasteiger partial charge in [-0.15, -0.1) is 0 Å². The van der Waals surface area contributed by atoms with Crippen LogP contribution in [0.4, 0.5) is 4.39 Å². The number of rotatable bonds is 10. The van der Waals surface area contributed by atoms with Gasteiger partial charge in [-0.3, -0.25) is 9.98 Å². The van der Waals surface area contributed by atoms with Gasteiger partial charge in [0, 0.05) is 19.2 Å². The van der Waals surface area contributed by atoms with Gasteiger partial charge >= 0.3 is 0 Å². The molecule has 1 rings (SSSR count). The monoisotopic (exact) mass is 353 g/mol. The Labute approximate surface area is 156 Å². The minimum Gasteiger partial charge on any atom is -0.373 e. The molecule has 3 nitrogen and oxygen atoms in total. The topological polar surface area (TPSA) is 28.0 Å². The molecule has 4 heteroatoms. The standard InChI is InChI=1S/C22H28FN3/c1-6-12-19(22(25-8-3)20(23)17-24-4)15-16-26(5)21(7-2)18-13-10-9-11-14-18/h6,9-17,21H,1,4,7-8H2,2-3,5H3/b16-15-,19-12+,20-17+,25-22-. The van der Waals surface area contributed by atoms with Crippen LogP contribution in [0.15, 0.2) is 88.9 Å². The number of benzene rings is 1. The van der Waals surface area contributed by atoms with E-state index in [2.05, 4.69) is 47.2 Å². The third kappa shape index (κ3) is 6.28. The van der Waals surface area contributed by atoms with Gasteiger partial charge in [0.2, 0.25) is 0 Å². The van der Waals surface area contributed by atoms with Gasteiger partial charge in [-0.25, -0.2) is 4.39 Å². The van der Waals surface area contributed by atoms with E-state index in [9.17, 15) is 4.39 Å². The van der Waals surface area contributed by atoms with Crippen LogP contribution in [0, 0.1) is 0 Å². The zero-order valence-electron chi connectivity index (χ0n) is 15.9. The summed E-state index contributed by atoms with van der Waals surface area (Å²) in [4.78, 5) is 9.88. The third-order valence-electron chi connectivity index (χ3n) is 3.87. The quantitative estimate of drug-likeness (QED) is 0.393. The second kappa shape index (κ2) is 11.7. The van der Waals surface area contributed by atoms with Crippen molar-refractivity contribution in [3.8, 4) is 0 Å². The highest BCUT2D eigenvalue weighted by atomic mass is 19.1. The first-order chi connectivity index (χ1) is 12.6. The molecule has 1 atom stereocenters. The van der Waals surface area contributed by atoms with Crippen molar-refractivity contribution < 1.29 is 4.39 Å². The maximum Gasteiger partial charge on any atom is 0.167 e. The molecule has 0 saturated carbocycles. The Morgan fingerprint density at radius 1 is 1.27 bits per heavy atom. The van der Waals surface area contributed by atoms with Crippen molar-refractivity contribution in [3.63, 3.8) is 0 Å². The fourth-order valence-electron chi connectivity index (χ4n) is 2.68. The van der Waals surface area contributed by atoms with E-state index in [1.165, 1.54) is 5.56 Å². The van der Waals surface area contributed by atoms with Crippen molar-refractivity contribution in [2.75, 3.05) is 13.6 Å². The van der Waals surface area contributed by atoms with Crippen LogP contribution in [0.5, 0.6) is 0 Å². The molecule has 0 spiro atoms. The minimum atomic E-state index is -0.516. The number of allylic oxidation sites excluding steroid dienone is 5. The summed E-state index contributed by atoms with van der Waals surface area (Å²) in [5, 5.41) is 0. The highest BCUT2D eigenvalue weighted by Crippen LogP contribution is 2.23. The van der Waals surface area contributed by atoms with Crippen LogP contribution in [-0.2, 0) is 0 Å². The van der Waals surface area contributed by atoms with Gasteiger partial charge in [-0.2, -0.15) is 0 Å². The molecule has 1 aromatic carbocycles. The average molecular weight is 353 g/mol. The Bertz CT molecular complexity index is 699. The molecule has 138 valence electrons. The van der Waals surface area contributed by atoms with E-state index in [-0.39, 0.29) is 11.8 Å². The fourth-order valence-corrected chi connectivity index (χ4v) is 2.68. The van der Waals surface area contributed by atoms with Crippen molar-refractivity contribution in [1.82, 2.24) is 4.90 Å². The van der Waals surface area contributed by atoms with Crippen LogP contribution < -0.4 is 0 Å². The molecule has 0 bridgehead atoms. The van der Waals surface area contributed by atoms with Crippen molar-refractivity contribution in [3.05, 3.63) is 84.5 Å². The van der Waals surface area contributed by atoms with Crippen molar-refractivity contribution in [2.45, 2.75) is 26.3 Å². The second-order valence-corrected chi connectivity index (χ2v) is 5.66. The molecular formula is C22H28FN3. The van der Waals surface area contributed by atoms with Crippen LogP contribution in [0.2, 0.25) is 0 Å². The summed E-state index contributed by atoms with van der Waals surface area (Å²) < 4.78 is 14.3. The van der Waals surface area contributed by atoms with E-state index in [4.69, 9.17) is 0 Å². The van der Waals surface area contributed by atoms with Crippen molar-refractivity contribution in [1.29, 1.82) is 0 Å². The number of halogens is 1. The number of hydrogen-bond acceptors (Lipinski definition) is 3. The van der Waals surface area contributed by atoms with Crippen LogP contribution >= 0.6 is 0 Å². The molecule has 0 saturated heterocycles. The first-order valence-corrected chi connectivity index (χ1v) is 8.73. The Morgan fingerprint density at radius 3 is 2.50 bits per heavy atom. The van der Waals surface area contributed by atoms with Gasteiger partial charge in [-0.1, -0.05) is 56.0 Å². The summed E-state index contributed by atoms with van der Waals surface area (Å²) in [6.07, 6.45) is 9.17. The maximum atomic E-state index is 14.3. The predicted molar refractivity (Wildman–Crippen MR) is 111 cm³/mol. The molecule has 1 unspecified atom stereocenters. The fraction of sp³-hybridized carbons (Fsp3) is 0.273. The summed E-state index contributed by atoms with van der Waals surface area (Å²) in [5.74, 6) is -0.516. The SMILES string of the molecule is C=C/C=C(\C=C/N(C)C(CC)c1ccccc1)C(=N/CC)/C(F)=C\N=C. The lowest BCUT2D eigenvalue weighted by molar-refractivity contribution is 0.328. The molecule has 0 amide bonds. The van der Waals surface area contributed by atoms with E-state index >= 15 is 0 Å². The van der Waals surface area contributed by atoms with Crippen LogP contribution in [0.25, 0.3) is 0 Å². The van der Waals surface area contributed by atoms with Crippen LogP contribution in [0.1, 0.15) is 31.9 Å². The van der Waals surface area contributed by atoms with Crippen LogP contribution in [0.3, 0.4) is 0 Å². The molecule has 0 aromatic heterocycles. The Morgan fingerprint density at radius 2 is 1.96 bits per heavy atom. The highest BCUT2D eigenvalue weighted by Gasteiger charge is 2.13. The molecule has 0 heterocycles. The predicted octanol–water partition coefficient (Wildman–Crippen LogP) is 5.67. The number of nitrogens with zero attached hydrogens (tertiary/aromatic N) is 3. The molecule has 1 aromatic rings. The van der Waals surface area contributed by atoms with E-state index in [1.807, 2.05) is 44.4 Å². The molecule has 0 N–H and O–H groups in total. The van der Waals surface area contributed by atoms with E-state index in [1.54, 1.807) is 12.2 Å². The van der Waals surface area contributed by atoms with E-state index < -0.39 is 5.83 Å². The van der Waals surface area contributed by atoms with Gasteiger partial charge in [0.15, 0.2) is 5.83 Å². The van der Waals surface area contributed by atoms with E-state index in [0.29, 0.717) is 12.1 Å². The highest BCUT2D eigenvalue weighted by molar-refractivity contribution is 6.12. The van der Waals surface area contributed by atoms with Crippen molar-refractivity contribution in [2.24, 2.45) is 9.98 Å². The third-order valence-corrected chi connectivity index (χ3v) is 3.87. The first-order valence-electron chi connectivity index (χ1n) is 8.73. The summed E-state index contributed by atoms with van der Waals surface area (Å²) >= 11 is 0. The van der Waals surface area contributed by atoms with Gasteiger partial charge in [-0.05, 0) is 37.9 Å². The summed E-state index contributed by atoms with van der Waals surface area (Å²) in [7, 11) is 2.01. The van der Waals surface area contributed by atoms with Gasteiger partial charge < -0.3 is 4.90 Å². The van der Waals surface area contributed by atoms with Crippen molar-refractivity contribution >= 4 is 12.4 Å². The lowest BCUT2D eigenvalue weighted by Crippen LogP contribution is -2.18. The molecule has 0 aliphatic rings. The molecular weight excluding hydrogens is 325 g/mol. The first kappa shape index (κ1) is 21.3. The molecule has 26 heavy (non-hydrogen) atoms. The Kier molecular flexibility index (Phi) is 9.62. The molecule has 0 aliphatic heterocycles. The Hall–Kier alpha value is -2.75.